The van der Waals surface area contributed by atoms with Crippen molar-refractivity contribution >= 4 is 33.2 Å². The summed E-state index contributed by atoms with van der Waals surface area (Å²) in [5, 5.41) is 3.79. The van der Waals surface area contributed by atoms with Crippen LogP contribution in [0.3, 0.4) is 0 Å². The maximum absolute atomic E-state index is 12.1. The van der Waals surface area contributed by atoms with E-state index < -0.39 is 15.6 Å². The molecule has 0 saturated heterocycles. The molecule has 0 spiro atoms. The van der Waals surface area contributed by atoms with Crippen molar-refractivity contribution in [2.45, 2.75) is 17.7 Å². The molecule has 1 aromatic heterocycles. The summed E-state index contributed by atoms with van der Waals surface area (Å²) >= 11 is 11.5. The topological polar surface area (TPSA) is 107 Å². The molecule has 0 aliphatic rings. The van der Waals surface area contributed by atoms with E-state index in [0.717, 1.165) is 11.1 Å². The van der Waals surface area contributed by atoms with Crippen LogP contribution in [-0.2, 0) is 10.0 Å². The van der Waals surface area contributed by atoms with Gasteiger partial charge in [0.2, 0.25) is 10.0 Å². The Morgan fingerprint density at radius 3 is 2.46 bits per heavy atom. The Labute approximate surface area is 149 Å². The first-order chi connectivity index (χ1) is 11.4. The first-order valence-electron chi connectivity index (χ1n) is 7.10. The van der Waals surface area contributed by atoms with E-state index in [1.54, 1.807) is 0 Å². The number of hydrogen-bond donors (Lipinski definition) is 2. The van der Waals surface area contributed by atoms with E-state index in [0.29, 0.717) is 25.2 Å². The largest absolute Gasteiger partial charge is 0.330 e. The van der Waals surface area contributed by atoms with E-state index in [2.05, 4.69) is 9.82 Å². The number of nitrogens with one attached hydrogen (secondary N) is 1. The first kappa shape index (κ1) is 18.9. The van der Waals surface area contributed by atoms with E-state index in [4.69, 9.17) is 28.9 Å². The quantitative estimate of drug-likeness (QED) is 0.697. The van der Waals surface area contributed by atoms with Crippen LogP contribution in [0, 0.1) is 0 Å². The molecule has 10 heteroatoms. The van der Waals surface area contributed by atoms with Crippen molar-refractivity contribution in [3.8, 4) is 5.69 Å². The van der Waals surface area contributed by atoms with E-state index >= 15 is 0 Å². The number of unbranched alkanes of at least 4 members (excludes halogenated alkanes) is 1. The molecule has 7 nitrogen and oxygen atoms in total. The van der Waals surface area contributed by atoms with Gasteiger partial charge >= 0.3 is 0 Å². The number of nitrogens with zero attached hydrogens (tertiary/aromatic N) is 2. The van der Waals surface area contributed by atoms with E-state index in [1.165, 1.54) is 30.5 Å². The van der Waals surface area contributed by atoms with Gasteiger partial charge in [-0.15, -0.1) is 0 Å². The number of benzene rings is 1. The van der Waals surface area contributed by atoms with Gasteiger partial charge in [0.15, 0.2) is 0 Å². The van der Waals surface area contributed by atoms with Gasteiger partial charge < -0.3 is 5.73 Å². The second kappa shape index (κ2) is 8.09. The Morgan fingerprint density at radius 1 is 1.17 bits per heavy atom. The third kappa shape index (κ3) is 4.34. The zero-order valence-electron chi connectivity index (χ0n) is 12.6. The van der Waals surface area contributed by atoms with Crippen LogP contribution in [-0.4, -0.2) is 31.3 Å². The minimum atomic E-state index is -3.61. The highest BCUT2D eigenvalue weighted by molar-refractivity contribution is 7.89. The standard InChI is InChI=1S/C14H16Cl2N4O3S/c15-12-9-18-20(14(21)13(12)16)10-3-5-11(6-4-10)24(22,23)19-8-2-1-7-17/h3-6,9,19H,1-2,7-8,17H2. The molecule has 0 radical (unpaired) electrons. The SMILES string of the molecule is NCCCCNS(=O)(=O)c1ccc(-n2ncc(Cl)c(Cl)c2=O)cc1. The van der Waals surface area contributed by atoms with E-state index in [1.807, 2.05) is 0 Å². The van der Waals surface area contributed by atoms with Crippen LogP contribution in [0.15, 0.2) is 40.2 Å². The van der Waals surface area contributed by atoms with Crippen molar-refractivity contribution in [3.63, 3.8) is 0 Å². The predicted octanol–water partition coefficient (Wildman–Crippen LogP) is 1.56. The van der Waals surface area contributed by atoms with Crippen LogP contribution in [0.1, 0.15) is 12.8 Å². The second-order valence-electron chi connectivity index (χ2n) is 4.91. The molecule has 2 aromatic rings. The van der Waals surface area contributed by atoms with Gasteiger partial charge in [-0.25, -0.2) is 13.1 Å². The molecule has 24 heavy (non-hydrogen) atoms. The van der Waals surface area contributed by atoms with Crippen molar-refractivity contribution in [1.29, 1.82) is 0 Å². The van der Waals surface area contributed by atoms with Gasteiger partial charge in [0.25, 0.3) is 5.56 Å². The number of sulfonamides is 1. The highest BCUT2D eigenvalue weighted by Gasteiger charge is 2.14. The molecular weight excluding hydrogens is 375 g/mol. The molecular formula is C14H16Cl2N4O3S. The van der Waals surface area contributed by atoms with E-state index in [-0.39, 0.29) is 14.9 Å². The molecule has 0 saturated carbocycles. The van der Waals surface area contributed by atoms with Crippen LogP contribution >= 0.6 is 23.2 Å². The lowest BCUT2D eigenvalue weighted by Crippen LogP contribution is -2.25. The van der Waals surface area contributed by atoms with E-state index in [9.17, 15) is 13.2 Å². The molecule has 0 fully saturated rings. The average Bonchev–Trinajstić information content (AvgIpc) is 2.57. The van der Waals surface area contributed by atoms with Crippen LogP contribution < -0.4 is 16.0 Å². The summed E-state index contributed by atoms with van der Waals surface area (Å²) in [5.41, 5.74) is 5.16. The van der Waals surface area contributed by atoms with Crippen molar-refractivity contribution in [3.05, 3.63) is 50.9 Å². The molecule has 0 unspecified atom stereocenters. The Bertz CT molecular complexity index is 867. The average molecular weight is 391 g/mol. The molecule has 0 bridgehead atoms. The molecule has 0 aliphatic carbocycles. The third-order valence-electron chi connectivity index (χ3n) is 3.19. The summed E-state index contributed by atoms with van der Waals surface area (Å²) in [6.45, 7) is 0.830. The fourth-order valence-corrected chi connectivity index (χ4v) is 3.25. The Kier molecular flexibility index (Phi) is 6.36. The highest BCUT2D eigenvalue weighted by atomic mass is 35.5. The highest BCUT2D eigenvalue weighted by Crippen LogP contribution is 2.17. The fraction of sp³-hybridized carbons (Fsp3) is 0.286. The molecule has 0 aliphatic heterocycles. The molecule has 0 atom stereocenters. The summed E-state index contributed by atoms with van der Waals surface area (Å²) in [4.78, 5) is 12.1. The summed E-state index contributed by atoms with van der Waals surface area (Å²) in [6.07, 6.45) is 2.65. The number of aromatic nitrogens is 2. The minimum absolute atomic E-state index is 0.0544. The Hall–Kier alpha value is -1.45. The number of hydrogen-bond acceptors (Lipinski definition) is 5. The van der Waals surface area contributed by atoms with Gasteiger partial charge in [-0.1, -0.05) is 23.2 Å². The molecule has 1 aromatic carbocycles. The third-order valence-corrected chi connectivity index (χ3v) is 5.42. The van der Waals surface area contributed by atoms with Gasteiger partial charge in [0, 0.05) is 6.54 Å². The van der Waals surface area contributed by atoms with Crippen LogP contribution in [0.2, 0.25) is 10.0 Å². The lowest BCUT2D eigenvalue weighted by atomic mass is 10.3. The zero-order valence-corrected chi connectivity index (χ0v) is 14.9. The molecule has 0 amide bonds. The molecule has 1 heterocycles. The first-order valence-corrected chi connectivity index (χ1v) is 9.34. The van der Waals surface area contributed by atoms with Crippen molar-refractivity contribution in [2.75, 3.05) is 13.1 Å². The number of halogens is 2. The summed E-state index contributed by atoms with van der Waals surface area (Å²) in [6, 6.07) is 5.70. The van der Waals surface area contributed by atoms with Crippen molar-refractivity contribution in [1.82, 2.24) is 14.5 Å². The molecule has 3 N–H and O–H groups in total. The maximum atomic E-state index is 12.1. The van der Waals surface area contributed by atoms with Gasteiger partial charge in [0.05, 0.1) is 21.8 Å². The van der Waals surface area contributed by atoms with Gasteiger partial charge in [-0.3, -0.25) is 4.79 Å². The monoisotopic (exact) mass is 390 g/mol. The lowest BCUT2D eigenvalue weighted by Gasteiger charge is -2.08. The summed E-state index contributed by atoms with van der Waals surface area (Å²) in [7, 11) is -3.61. The van der Waals surface area contributed by atoms with Crippen LogP contribution in [0.4, 0.5) is 0 Å². The zero-order chi connectivity index (χ0) is 17.7. The Morgan fingerprint density at radius 2 is 1.83 bits per heavy atom. The van der Waals surface area contributed by atoms with Gasteiger partial charge in [-0.2, -0.15) is 9.78 Å². The van der Waals surface area contributed by atoms with Crippen LogP contribution in [0.25, 0.3) is 5.69 Å². The Balaban J connectivity index is 2.22. The molecule has 2 rings (SSSR count). The normalized spacial score (nSPS) is 11.6. The van der Waals surface area contributed by atoms with Gasteiger partial charge in [0.1, 0.15) is 5.02 Å². The fourth-order valence-electron chi connectivity index (χ4n) is 1.92. The second-order valence-corrected chi connectivity index (χ2v) is 7.46. The minimum Gasteiger partial charge on any atom is -0.330 e. The van der Waals surface area contributed by atoms with Crippen molar-refractivity contribution < 1.29 is 8.42 Å². The smallest absolute Gasteiger partial charge is 0.291 e. The van der Waals surface area contributed by atoms with Gasteiger partial charge in [-0.05, 0) is 43.7 Å². The lowest BCUT2D eigenvalue weighted by molar-refractivity contribution is 0.577. The summed E-state index contributed by atoms with van der Waals surface area (Å²) < 4.78 is 27.8. The number of nitrogens with two attached hydrogens (primary N) is 1. The predicted molar refractivity (Wildman–Crippen MR) is 93.3 cm³/mol. The van der Waals surface area contributed by atoms with Crippen LogP contribution in [0.5, 0.6) is 0 Å². The molecule has 130 valence electrons. The summed E-state index contributed by atoms with van der Waals surface area (Å²) in [5.74, 6) is 0. The maximum Gasteiger partial charge on any atom is 0.291 e. The van der Waals surface area contributed by atoms with Crippen molar-refractivity contribution in [2.24, 2.45) is 5.73 Å². The number of rotatable bonds is 7.